The lowest BCUT2D eigenvalue weighted by atomic mass is 10.4. The average molecular weight is 323 g/mol. The lowest BCUT2D eigenvalue weighted by molar-refractivity contribution is -0.147. The predicted octanol–water partition coefficient (Wildman–Crippen LogP) is 0.868. The number of esters is 2. The zero-order chi connectivity index (χ0) is 16.6. The topological polar surface area (TPSA) is 111 Å². The molecule has 8 nitrogen and oxygen atoms in total. The van der Waals surface area contributed by atoms with Gasteiger partial charge in [0.25, 0.3) is 0 Å². The Bertz CT molecular complexity index is 404. The Morgan fingerprint density at radius 3 is 2.05 bits per heavy atom. The standard InChI is InChI=1S/C12H26N3O5P/c1-6-19-11(16)9(4)14-21(18,8-3)15(13)10(5)12(17)20-7-2/h9-10H,6-8,13H2,1-5H3,(H,14,18). The molecular weight excluding hydrogens is 297 g/mol. The summed E-state index contributed by atoms with van der Waals surface area (Å²) < 4.78 is 23.5. The zero-order valence-electron chi connectivity index (χ0n) is 13.3. The molecule has 0 rings (SSSR count). The molecule has 0 aliphatic heterocycles. The maximum absolute atomic E-state index is 12.8. The highest BCUT2D eigenvalue weighted by molar-refractivity contribution is 7.59. The molecule has 21 heavy (non-hydrogen) atoms. The lowest BCUT2D eigenvalue weighted by Crippen LogP contribution is -2.48. The van der Waals surface area contributed by atoms with Crippen molar-refractivity contribution >= 4 is 19.4 Å². The van der Waals surface area contributed by atoms with Gasteiger partial charge in [-0.1, -0.05) is 6.92 Å². The molecule has 0 aliphatic carbocycles. The van der Waals surface area contributed by atoms with Crippen LogP contribution in [0.1, 0.15) is 34.6 Å². The van der Waals surface area contributed by atoms with Crippen molar-refractivity contribution in [2.24, 2.45) is 5.84 Å². The molecule has 9 heteroatoms. The van der Waals surface area contributed by atoms with Crippen molar-refractivity contribution in [3.63, 3.8) is 0 Å². The van der Waals surface area contributed by atoms with Crippen LogP contribution in [0.5, 0.6) is 0 Å². The molecule has 0 saturated heterocycles. The molecule has 0 aromatic heterocycles. The average Bonchev–Trinajstić information content (AvgIpc) is 2.45. The molecule has 0 heterocycles. The van der Waals surface area contributed by atoms with Gasteiger partial charge in [-0.15, -0.1) is 0 Å². The van der Waals surface area contributed by atoms with E-state index in [1.165, 1.54) is 13.8 Å². The van der Waals surface area contributed by atoms with Crippen LogP contribution in [-0.2, 0) is 23.6 Å². The van der Waals surface area contributed by atoms with Gasteiger partial charge in [0.1, 0.15) is 12.1 Å². The van der Waals surface area contributed by atoms with Crippen molar-refractivity contribution in [1.82, 2.24) is 9.87 Å². The predicted molar refractivity (Wildman–Crippen MR) is 79.5 cm³/mol. The second kappa shape index (κ2) is 9.15. The Morgan fingerprint density at radius 2 is 1.62 bits per heavy atom. The van der Waals surface area contributed by atoms with Crippen molar-refractivity contribution < 1.29 is 23.6 Å². The van der Waals surface area contributed by atoms with Crippen molar-refractivity contribution in [3.05, 3.63) is 0 Å². The van der Waals surface area contributed by atoms with Gasteiger partial charge in [-0.05, 0) is 27.7 Å². The number of carbonyl (C=O) groups excluding carboxylic acids is 2. The van der Waals surface area contributed by atoms with Gasteiger partial charge in [-0.25, -0.2) is 5.09 Å². The monoisotopic (exact) mass is 323 g/mol. The molecule has 124 valence electrons. The maximum Gasteiger partial charge on any atom is 0.324 e. The second-order valence-electron chi connectivity index (χ2n) is 4.43. The molecule has 0 fully saturated rings. The first-order chi connectivity index (χ1) is 9.73. The third-order valence-corrected chi connectivity index (χ3v) is 5.60. The first-order valence-corrected chi connectivity index (χ1v) is 8.82. The Kier molecular flexibility index (Phi) is 8.73. The summed E-state index contributed by atoms with van der Waals surface area (Å²) >= 11 is 0. The fourth-order valence-corrected chi connectivity index (χ4v) is 3.60. The van der Waals surface area contributed by atoms with Gasteiger partial charge in [0.05, 0.1) is 13.2 Å². The number of rotatable bonds is 9. The molecule has 3 unspecified atom stereocenters. The Morgan fingerprint density at radius 1 is 1.14 bits per heavy atom. The SMILES string of the molecule is CCOC(=O)C(C)NP(=O)(CC)N(N)C(C)C(=O)OCC. The van der Waals surface area contributed by atoms with Crippen LogP contribution in [0.2, 0.25) is 0 Å². The van der Waals surface area contributed by atoms with E-state index in [2.05, 4.69) is 5.09 Å². The van der Waals surface area contributed by atoms with Crippen molar-refractivity contribution in [2.45, 2.75) is 46.7 Å². The van der Waals surface area contributed by atoms with Crippen LogP contribution in [0.3, 0.4) is 0 Å². The third kappa shape index (κ3) is 5.74. The molecular formula is C12H26N3O5P. The van der Waals surface area contributed by atoms with Gasteiger partial charge in [0.2, 0.25) is 7.44 Å². The minimum absolute atomic E-state index is 0.150. The van der Waals surface area contributed by atoms with E-state index >= 15 is 0 Å². The Balaban J connectivity index is 4.96. The molecule has 0 spiro atoms. The van der Waals surface area contributed by atoms with Crippen LogP contribution < -0.4 is 10.9 Å². The number of hydrogen-bond donors (Lipinski definition) is 2. The zero-order valence-corrected chi connectivity index (χ0v) is 14.2. The fourth-order valence-electron chi connectivity index (χ4n) is 1.59. The third-order valence-electron chi connectivity index (χ3n) is 2.86. The van der Waals surface area contributed by atoms with Crippen LogP contribution in [0.4, 0.5) is 0 Å². The van der Waals surface area contributed by atoms with Gasteiger partial charge >= 0.3 is 11.9 Å². The van der Waals surface area contributed by atoms with Crippen LogP contribution in [0.15, 0.2) is 0 Å². The summed E-state index contributed by atoms with van der Waals surface area (Å²) in [6.07, 6.45) is 0.150. The highest BCUT2D eigenvalue weighted by atomic mass is 31.2. The first-order valence-electron chi connectivity index (χ1n) is 6.97. The summed E-state index contributed by atoms with van der Waals surface area (Å²) in [5.74, 6) is 4.72. The van der Waals surface area contributed by atoms with Gasteiger partial charge in [0.15, 0.2) is 0 Å². The normalized spacial score (nSPS) is 16.9. The van der Waals surface area contributed by atoms with Gasteiger partial charge < -0.3 is 9.47 Å². The van der Waals surface area contributed by atoms with Crippen LogP contribution in [0, 0.1) is 0 Å². The Labute approximate surface area is 125 Å². The summed E-state index contributed by atoms with van der Waals surface area (Å²) in [6, 6.07) is -1.69. The molecule has 0 bridgehead atoms. The highest BCUT2D eigenvalue weighted by Crippen LogP contribution is 2.44. The number of nitrogens with zero attached hydrogens (tertiary/aromatic N) is 1. The van der Waals surface area contributed by atoms with Gasteiger partial charge in [-0.3, -0.25) is 20.0 Å². The van der Waals surface area contributed by atoms with E-state index in [9.17, 15) is 14.2 Å². The van der Waals surface area contributed by atoms with Crippen LogP contribution in [0.25, 0.3) is 0 Å². The molecule has 0 radical (unpaired) electrons. The largest absolute Gasteiger partial charge is 0.465 e. The molecule has 0 aromatic rings. The first kappa shape index (κ1) is 20.1. The molecule has 0 aromatic carbocycles. The number of hydrazine groups is 1. The second-order valence-corrected chi connectivity index (χ2v) is 7.18. The highest BCUT2D eigenvalue weighted by Gasteiger charge is 2.36. The van der Waals surface area contributed by atoms with Gasteiger partial charge in [-0.2, -0.15) is 4.78 Å². The minimum Gasteiger partial charge on any atom is -0.465 e. The number of carbonyl (C=O) groups is 2. The maximum atomic E-state index is 12.8. The Hall–Kier alpha value is -0.950. The minimum atomic E-state index is -3.30. The van der Waals surface area contributed by atoms with E-state index in [1.54, 1.807) is 20.8 Å². The quantitative estimate of drug-likeness (QED) is 0.278. The van der Waals surface area contributed by atoms with E-state index in [4.69, 9.17) is 15.3 Å². The summed E-state index contributed by atoms with van der Waals surface area (Å²) in [6.45, 7) is 8.48. The number of nitrogens with two attached hydrogens (primary N) is 1. The van der Waals surface area contributed by atoms with E-state index in [0.717, 1.165) is 4.78 Å². The molecule has 0 aliphatic rings. The summed E-state index contributed by atoms with van der Waals surface area (Å²) in [5, 5.41) is 2.68. The summed E-state index contributed by atoms with van der Waals surface area (Å²) in [7, 11) is -3.30. The van der Waals surface area contributed by atoms with E-state index in [0.29, 0.717) is 0 Å². The van der Waals surface area contributed by atoms with E-state index in [-0.39, 0.29) is 19.4 Å². The van der Waals surface area contributed by atoms with Crippen LogP contribution in [-0.4, -0.2) is 48.2 Å². The fraction of sp³-hybridized carbons (Fsp3) is 0.833. The van der Waals surface area contributed by atoms with E-state index in [1.807, 2.05) is 0 Å². The molecule has 0 saturated carbocycles. The number of nitrogens with one attached hydrogen (secondary N) is 1. The molecule has 0 amide bonds. The smallest absolute Gasteiger partial charge is 0.324 e. The number of ether oxygens (including phenoxy) is 2. The van der Waals surface area contributed by atoms with Crippen molar-refractivity contribution in [2.75, 3.05) is 19.4 Å². The van der Waals surface area contributed by atoms with Gasteiger partial charge in [0, 0.05) is 6.16 Å². The van der Waals surface area contributed by atoms with E-state index < -0.39 is 31.5 Å². The molecule has 3 atom stereocenters. The number of hydrogen-bond acceptors (Lipinski definition) is 6. The molecule has 3 N–H and O–H groups in total. The lowest BCUT2D eigenvalue weighted by Gasteiger charge is -2.32. The van der Waals surface area contributed by atoms with Crippen molar-refractivity contribution in [3.8, 4) is 0 Å². The summed E-state index contributed by atoms with van der Waals surface area (Å²) in [4.78, 5) is 23.3. The van der Waals surface area contributed by atoms with Crippen LogP contribution >= 0.6 is 7.44 Å². The van der Waals surface area contributed by atoms with Crippen molar-refractivity contribution in [1.29, 1.82) is 0 Å². The summed E-state index contributed by atoms with van der Waals surface area (Å²) in [5.41, 5.74) is 0.